The van der Waals surface area contributed by atoms with Crippen LogP contribution in [0, 0.1) is 0 Å². The fourth-order valence-electron chi connectivity index (χ4n) is 1.10. The summed E-state index contributed by atoms with van der Waals surface area (Å²) in [6.45, 7) is 5.20. The molecule has 1 aromatic carbocycles. The second kappa shape index (κ2) is 6.88. The zero-order chi connectivity index (χ0) is 13.5. The normalized spacial score (nSPS) is 11.7. The van der Waals surface area contributed by atoms with Crippen LogP contribution in [0.5, 0.6) is 5.75 Å². The van der Waals surface area contributed by atoms with Crippen molar-refractivity contribution in [3.8, 4) is 5.75 Å². The summed E-state index contributed by atoms with van der Waals surface area (Å²) in [7, 11) is 0. The van der Waals surface area contributed by atoms with E-state index in [9.17, 15) is 4.79 Å². The van der Waals surface area contributed by atoms with Crippen LogP contribution in [0.4, 0.5) is 0 Å². The maximum absolute atomic E-state index is 10.4. The topological polar surface area (TPSA) is 67.8 Å². The van der Waals surface area contributed by atoms with Gasteiger partial charge in [0, 0.05) is 5.02 Å². The van der Waals surface area contributed by atoms with Gasteiger partial charge in [0.25, 0.3) is 0 Å². The number of benzene rings is 1. The van der Waals surface area contributed by atoms with E-state index in [1.54, 1.807) is 31.2 Å². The third-order valence-electron chi connectivity index (χ3n) is 1.90. The van der Waals surface area contributed by atoms with E-state index in [0.717, 1.165) is 0 Å². The Hall–Kier alpha value is -1.72. The molecule has 98 valence electrons. The maximum atomic E-state index is 10.4. The molecule has 0 saturated carbocycles. The number of hydrogen-bond donors (Lipinski definition) is 2. The minimum atomic E-state index is -1.17. The molecule has 0 amide bonds. The van der Waals surface area contributed by atoms with E-state index in [4.69, 9.17) is 26.3 Å². The monoisotopic (exact) mass is 271 g/mol. The summed E-state index contributed by atoms with van der Waals surface area (Å²) in [5, 5.41) is 9.11. The van der Waals surface area contributed by atoms with Gasteiger partial charge < -0.3 is 9.84 Å². The van der Waals surface area contributed by atoms with Crippen LogP contribution in [0.15, 0.2) is 36.5 Å². The fraction of sp³-hybridized carbons (Fsp3) is 0.250. The van der Waals surface area contributed by atoms with Gasteiger partial charge in [0.1, 0.15) is 24.2 Å². The molecule has 0 spiro atoms. The summed E-state index contributed by atoms with van der Waals surface area (Å²) < 4.78 is 5.51. The summed E-state index contributed by atoms with van der Waals surface area (Å²) >= 11 is 5.81. The van der Waals surface area contributed by atoms with E-state index in [1.807, 2.05) is 0 Å². The Morgan fingerprint density at radius 2 is 2.33 bits per heavy atom. The van der Waals surface area contributed by atoms with Crippen LogP contribution in [0.3, 0.4) is 0 Å². The van der Waals surface area contributed by atoms with Crippen molar-refractivity contribution in [1.82, 2.24) is 5.48 Å². The lowest BCUT2D eigenvalue weighted by Gasteiger charge is -2.15. The first-order valence-electron chi connectivity index (χ1n) is 5.21. The molecule has 0 fully saturated rings. The molecule has 1 aromatic rings. The van der Waals surface area contributed by atoms with Crippen molar-refractivity contribution in [2.24, 2.45) is 0 Å². The maximum Gasteiger partial charge on any atom is 0.353 e. The highest BCUT2D eigenvalue weighted by molar-refractivity contribution is 6.30. The van der Waals surface area contributed by atoms with Gasteiger partial charge in [-0.05, 0) is 25.1 Å². The Labute approximate surface area is 110 Å². The zero-order valence-electron chi connectivity index (χ0n) is 9.85. The molecule has 6 heteroatoms. The molecule has 0 radical (unpaired) electrons. The van der Waals surface area contributed by atoms with E-state index in [2.05, 4.69) is 12.1 Å². The average Bonchev–Trinajstić information content (AvgIpc) is 2.28. The van der Waals surface area contributed by atoms with Crippen molar-refractivity contribution >= 4 is 17.6 Å². The van der Waals surface area contributed by atoms with Crippen molar-refractivity contribution in [3.05, 3.63) is 41.6 Å². The van der Waals surface area contributed by atoms with E-state index >= 15 is 0 Å². The van der Waals surface area contributed by atoms with Crippen molar-refractivity contribution in [2.75, 3.05) is 6.61 Å². The van der Waals surface area contributed by atoms with E-state index in [0.29, 0.717) is 10.8 Å². The second-order valence-electron chi connectivity index (χ2n) is 3.58. The van der Waals surface area contributed by atoms with E-state index < -0.39 is 5.97 Å². The van der Waals surface area contributed by atoms with Gasteiger partial charge in [0.05, 0.1) is 0 Å². The SMILES string of the molecule is C=C(NOCC(C)Oc1cccc(Cl)c1)C(=O)O. The smallest absolute Gasteiger partial charge is 0.353 e. The molecule has 0 heterocycles. The molecular formula is C12H14ClNO4. The van der Waals surface area contributed by atoms with Crippen molar-refractivity contribution in [3.63, 3.8) is 0 Å². The Kier molecular flexibility index (Phi) is 5.48. The minimum absolute atomic E-state index is 0.165. The quantitative estimate of drug-likeness (QED) is 0.588. The van der Waals surface area contributed by atoms with E-state index in [1.165, 1.54) is 0 Å². The fourth-order valence-corrected chi connectivity index (χ4v) is 1.28. The predicted molar refractivity (Wildman–Crippen MR) is 67.4 cm³/mol. The number of carboxylic acid groups (broad SMARTS) is 1. The Morgan fingerprint density at radius 1 is 1.61 bits per heavy atom. The molecular weight excluding hydrogens is 258 g/mol. The Balaban J connectivity index is 2.32. The molecule has 0 bridgehead atoms. The number of hydroxylamine groups is 1. The van der Waals surface area contributed by atoms with Crippen molar-refractivity contribution in [1.29, 1.82) is 0 Å². The van der Waals surface area contributed by atoms with Crippen LogP contribution in [0.2, 0.25) is 5.02 Å². The third kappa shape index (κ3) is 5.07. The average molecular weight is 272 g/mol. The lowest BCUT2D eigenvalue weighted by atomic mass is 10.3. The van der Waals surface area contributed by atoms with Crippen LogP contribution in [0.1, 0.15) is 6.92 Å². The lowest BCUT2D eigenvalue weighted by Crippen LogP contribution is -2.27. The molecule has 0 aliphatic carbocycles. The Morgan fingerprint density at radius 3 is 2.94 bits per heavy atom. The molecule has 1 rings (SSSR count). The number of carboxylic acids is 1. The molecule has 0 aliphatic rings. The number of carbonyl (C=O) groups is 1. The third-order valence-corrected chi connectivity index (χ3v) is 2.14. The van der Waals surface area contributed by atoms with Crippen LogP contribution in [0.25, 0.3) is 0 Å². The molecule has 5 nitrogen and oxygen atoms in total. The molecule has 0 aromatic heterocycles. The standard InChI is InChI=1S/C12H14ClNO4/c1-8(7-17-14-9(2)12(15)16)18-11-5-3-4-10(13)6-11/h3-6,8,14H,2,7H2,1H3,(H,15,16). The summed E-state index contributed by atoms with van der Waals surface area (Å²) in [4.78, 5) is 15.3. The number of hydrogen-bond acceptors (Lipinski definition) is 4. The first-order valence-corrected chi connectivity index (χ1v) is 5.59. The minimum Gasteiger partial charge on any atom is -0.488 e. The predicted octanol–water partition coefficient (Wildman–Crippen LogP) is 2.23. The number of rotatable bonds is 7. The van der Waals surface area contributed by atoms with Crippen LogP contribution >= 0.6 is 11.6 Å². The summed E-state index contributed by atoms with van der Waals surface area (Å²) in [6.07, 6.45) is -0.266. The molecule has 1 unspecified atom stereocenters. The molecule has 18 heavy (non-hydrogen) atoms. The van der Waals surface area contributed by atoms with Crippen LogP contribution < -0.4 is 10.2 Å². The highest BCUT2D eigenvalue weighted by atomic mass is 35.5. The first kappa shape index (κ1) is 14.3. The first-order chi connectivity index (χ1) is 8.49. The van der Waals surface area contributed by atoms with Gasteiger partial charge in [-0.15, -0.1) is 0 Å². The van der Waals surface area contributed by atoms with Crippen molar-refractivity contribution in [2.45, 2.75) is 13.0 Å². The number of nitrogens with one attached hydrogen (secondary N) is 1. The zero-order valence-corrected chi connectivity index (χ0v) is 10.6. The van der Waals surface area contributed by atoms with Gasteiger partial charge in [-0.3, -0.25) is 10.3 Å². The van der Waals surface area contributed by atoms with Crippen LogP contribution in [-0.4, -0.2) is 23.8 Å². The summed E-state index contributed by atoms with van der Waals surface area (Å²) in [5.74, 6) is -0.547. The van der Waals surface area contributed by atoms with Gasteiger partial charge in [0.15, 0.2) is 0 Å². The number of ether oxygens (including phenoxy) is 1. The molecule has 0 saturated heterocycles. The number of halogens is 1. The van der Waals surface area contributed by atoms with Crippen LogP contribution in [-0.2, 0) is 9.63 Å². The second-order valence-corrected chi connectivity index (χ2v) is 4.02. The highest BCUT2D eigenvalue weighted by Crippen LogP contribution is 2.18. The van der Waals surface area contributed by atoms with Gasteiger partial charge in [0.2, 0.25) is 0 Å². The summed E-state index contributed by atoms with van der Waals surface area (Å²) in [5.41, 5.74) is 1.98. The van der Waals surface area contributed by atoms with Gasteiger partial charge in [-0.25, -0.2) is 4.79 Å². The molecule has 1 atom stereocenters. The largest absolute Gasteiger partial charge is 0.488 e. The van der Waals surface area contributed by atoms with Gasteiger partial charge in [-0.1, -0.05) is 24.2 Å². The lowest BCUT2D eigenvalue weighted by molar-refractivity contribution is -0.135. The van der Waals surface area contributed by atoms with Gasteiger partial charge in [-0.2, -0.15) is 0 Å². The highest BCUT2D eigenvalue weighted by Gasteiger charge is 2.07. The van der Waals surface area contributed by atoms with Crippen molar-refractivity contribution < 1.29 is 19.5 Å². The Bertz CT molecular complexity index is 436. The van der Waals surface area contributed by atoms with E-state index in [-0.39, 0.29) is 18.4 Å². The number of aliphatic carboxylic acids is 1. The molecule has 2 N–H and O–H groups in total. The van der Waals surface area contributed by atoms with Gasteiger partial charge >= 0.3 is 5.97 Å². The summed E-state index contributed by atoms with van der Waals surface area (Å²) in [6, 6.07) is 6.97. The molecule has 0 aliphatic heterocycles.